The number of hydrogen-bond acceptors (Lipinski definition) is 0. The van der Waals surface area contributed by atoms with E-state index in [1.165, 1.54) is 77.0 Å². The summed E-state index contributed by atoms with van der Waals surface area (Å²) in [5, 5.41) is 0. The molecule has 0 N–H and O–H groups in total. The van der Waals surface area contributed by atoms with Gasteiger partial charge in [-0.2, -0.15) is 0 Å². The van der Waals surface area contributed by atoms with Gasteiger partial charge in [-0.05, 0) is 77.4 Å². The van der Waals surface area contributed by atoms with Gasteiger partial charge in [-0.15, -0.1) is 0 Å². The second kappa shape index (κ2) is 43.2. The first-order chi connectivity index (χ1) is 22.0. The van der Waals surface area contributed by atoms with Crippen molar-refractivity contribution in [3.05, 3.63) is 0 Å². The van der Waals surface area contributed by atoms with Crippen LogP contribution in [0.2, 0.25) is 0 Å². The molecule has 0 aliphatic carbocycles. The zero-order chi connectivity index (χ0) is 39.4. The van der Waals surface area contributed by atoms with Crippen molar-refractivity contribution in [3.8, 4) is 0 Å². The Kier molecular flexibility index (Phi) is 54.1. The van der Waals surface area contributed by atoms with Crippen molar-refractivity contribution in [2.75, 3.05) is 0 Å². The Labute approximate surface area is 313 Å². The lowest BCUT2D eigenvalue weighted by Gasteiger charge is -2.18. The Balaban J connectivity index is -0.000000110. The summed E-state index contributed by atoms with van der Waals surface area (Å²) < 4.78 is 0. The fourth-order valence-electron chi connectivity index (χ4n) is 5.23. The molecule has 0 radical (unpaired) electrons. The molecular formula is C48H108. The SMILES string of the molecule is CC(C)C(C)C(C)C.CC(C)CCC(C)C.CCC(C)CC(C)C.CCC(CC)C(C)C.CCCC(C)C(C)C.CCCCCC(C)C. The van der Waals surface area contributed by atoms with Crippen LogP contribution in [0.15, 0.2) is 0 Å². The first-order valence-electron chi connectivity index (χ1n) is 22.0. The predicted octanol–water partition coefficient (Wildman–Crippen LogP) is 18.5. The smallest absolute Gasteiger partial charge is 0.0396 e. The Morgan fingerprint density at radius 3 is 0.854 bits per heavy atom. The minimum atomic E-state index is 0.843. The molecule has 0 aliphatic heterocycles. The van der Waals surface area contributed by atoms with Crippen molar-refractivity contribution < 1.29 is 0 Å². The van der Waals surface area contributed by atoms with E-state index in [0.29, 0.717) is 0 Å². The number of rotatable bonds is 18. The monoisotopic (exact) mass is 685 g/mol. The van der Waals surface area contributed by atoms with Crippen molar-refractivity contribution in [1.29, 1.82) is 0 Å². The van der Waals surface area contributed by atoms with Crippen LogP contribution in [0.4, 0.5) is 0 Å². The van der Waals surface area contributed by atoms with E-state index < -0.39 is 0 Å². The molecule has 0 saturated heterocycles. The van der Waals surface area contributed by atoms with Crippen molar-refractivity contribution in [1.82, 2.24) is 0 Å². The molecule has 0 aromatic heterocycles. The summed E-state index contributed by atoms with van der Waals surface area (Å²) in [5.41, 5.74) is 0. The molecule has 300 valence electrons. The highest BCUT2D eigenvalue weighted by molar-refractivity contribution is 4.60. The third kappa shape index (κ3) is 61.2. The highest BCUT2D eigenvalue weighted by atomic mass is 14.2. The van der Waals surface area contributed by atoms with Gasteiger partial charge in [0.05, 0.1) is 0 Å². The maximum Gasteiger partial charge on any atom is -0.0396 e. The minimum absolute atomic E-state index is 0.843. The van der Waals surface area contributed by atoms with Gasteiger partial charge in [0, 0.05) is 0 Å². The summed E-state index contributed by atoms with van der Waals surface area (Å²) in [6, 6.07) is 0. The van der Waals surface area contributed by atoms with Crippen LogP contribution < -0.4 is 0 Å². The molecule has 2 unspecified atom stereocenters. The zero-order valence-electron chi connectivity index (χ0n) is 39.4. The Morgan fingerprint density at radius 2 is 0.729 bits per heavy atom. The van der Waals surface area contributed by atoms with Crippen molar-refractivity contribution >= 4 is 0 Å². The highest BCUT2D eigenvalue weighted by Crippen LogP contribution is 2.19. The average Bonchev–Trinajstić information content (AvgIpc) is 2.97. The van der Waals surface area contributed by atoms with Crippen LogP contribution in [-0.2, 0) is 0 Å². The quantitative estimate of drug-likeness (QED) is 0.126. The molecule has 0 fully saturated rings. The summed E-state index contributed by atoms with van der Waals surface area (Å²) in [5.74, 6) is 10.7. The first kappa shape index (κ1) is 60.1. The van der Waals surface area contributed by atoms with Gasteiger partial charge >= 0.3 is 0 Å². The van der Waals surface area contributed by atoms with Crippen LogP contribution in [0, 0.1) is 71.0 Å². The van der Waals surface area contributed by atoms with Gasteiger partial charge in [0.1, 0.15) is 0 Å². The van der Waals surface area contributed by atoms with E-state index in [1.54, 1.807) is 0 Å². The molecule has 0 saturated carbocycles. The lowest BCUT2D eigenvalue weighted by molar-refractivity contribution is 0.316. The third-order valence-electron chi connectivity index (χ3n) is 10.3. The lowest BCUT2D eigenvalue weighted by atomic mass is 9.88. The van der Waals surface area contributed by atoms with E-state index in [-0.39, 0.29) is 0 Å². The van der Waals surface area contributed by atoms with Gasteiger partial charge in [-0.3, -0.25) is 0 Å². The van der Waals surface area contributed by atoms with E-state index in [4.69, 9.17) is 0 Å². The molecule has 0 aromatic rings. The summed E-state index contributed by atoms with van der Waals surface area (Å²) in [6.07, 6.45) is 16.5. The van der Waals surface area contributed by atoms with Crippen LogP contribution in [-0.4, -0.2) is 0 Å². The van der Waals surface area contributed by atoms with Gasteiger partial charge in [0.25, 0.3) is 0 Å². The number of hydrogen-bond donors (Lipinski definition) is 0. The highest BCUT2D eigenvalue weighted by Gasteiger charge is 2.10. The van der Waals surface area contributed by atoms with Crippen LogP contribution in [0.1, 0.15) is 243 Å². The lowest BCUT2D eigenvalue weighted by Crippen LogP contribution is -2.10. The van der Waals surface area contributed by atoms with E-state index in [9.17, 15) is 0 Å². The fourth-order valence-corrected chi connectivity index (χ4v) is 5.23. The normalized spacial score (nSPS) is 12.4. The third-order valence-corrected chi connectivity index (χ3v) is 10.3. The molecule has 0 amide bonds. The van der Waals surface area contributed by atoms with Crippen molar-refractivity contribution in [2.24, 2.45) is 71.0 Å². The predicted molar refractivity (Wildman–Crippen MR) is 233 cm³/mol. The number of unbranched alkanes of at least 4 members (excludes halogenated alkanes) is 2. The molecule has 0 rings (SSSR count). The van der Waals surface area contributed by atoms with Gasteiger partial charge in [0.2, 0.25) is 0 Å². The zero-order valence-corrected chi connectivity index (χ0v) is 39.4. The molecule has 0 nitrogen and oxygen atoms in total. The Hall–Kier alpha value is 0. The average molecular weight is 685 g/mol. The van der Waals surface area contributed by atoms with E-state index >= 15 is 0 Å². The van der Waals surface area contributed by atoms with Crippen LogP contribution in [0.5, 0.6) is 0 Å². The summed E-state index contributed by atoms with van der Waals surface area (Å²) >= 11 is 0. The largest absolute Gasteiger partial charge is 0.0654 e. The van der Waals surface area contributed by atoms with Crippen LogP contribution >= 0.6 is 0 Å². The molecule has 0 heterocycles. The van der Waals surface area contributed by atoms with Gasteiger partial charge < -0.3 is 0 Å². The summed E-state index contributed by atoms with van der Waals surface area (Å²) in [4.78, 5) is 0. The summed E-state index contributed by atoms with van der Waals surface area (Å²) in [6.45, 7) is 54.8. The second-order valence-corrected chi connectivity index (χ2v) is 18.6. The van der Waals surface area contributed by atoms with E-state index in [0.717, 1.165) is 71.0 Å². The van der Waals surface area contributed by atoms with Gasteiger partial charge in [-0.1, -0.05) is 237 Å². The molecular weight excluding hydrogens is 577 g/mol. The van der Waals surface area contributed by atoms with Gasteiger partial charge in [0.15, 0.2) is 0 Å². The molecule has 0 aliphatic rings. The molecule has 0 bridgehead atoms. The summed E-state index contributed by atoms with van der Waals surface area (Å²) in [7, 11) is 0. The first-order valence-corrected chi connectivity index (χ1v) is 22.0. The topological polar surface area (TPSA) is 0 Å². The molecule has 0 spiro atoms. The van der Waals surface area contributed by atoms with E-state index in [2.05, 4.69) is 166 Å². The molecule has 0 aromatic carbocycles. The Bertz CT molecular complexity index is 492. The van der Waals surface area contributed by atoms with E-state index in [1.807, 2.05) is 0 Å². The molecule has 2 atom stereocenters. The standard InChI is InChI=1S/6C8H18/c1-7(2)5-6-8(3)4;1-6(2)8(5)7(3)4;1-5-8(4)6-7(2)3;1-5-6-8(4)7(2)3;1-5-8(6-2)7(3)4;1-4-5-6-7-8(2)3/h7-8H,5-6H2,1-4H3;6-8H,1-5H3;3*7-8H,5-6H2,1-4H3;8H,4-7H2,1-3H3. The maximum absolute atomic E-state index is 2.33. The van der Waals surface area contributed by atoms with Crippen molar-refractivity contribution in [2.45, 2.75) is 243 Å². The van der Waals surface area contributed by atoms with Crippen LogP contribution in [0.3, 0.4) is 0 Å². The maximum atomic E-state index is 2.33. The minimum Gasteiger partial charge on any atom is -0.0654 e. The molecule has 0 heteroatoms. The Morgan fingerprint density at radius 1 is 0.333 bits per heavy atom. The second-order valence-electron chi connectivity index (χ2n) is 18.6. The fraction of sp³-hybridized carbons (Fsp3) is 1.00. The van der Waals surface area contributed by atoms with Crippen LogP contribution in [0.25, 0.3) is 0 Å². The molecule has 48 heavy (non-hydrogen) atoms. The van der Waals surface area contributed by atoms with Gasteiger partial charge in [-0.25, -0.2) is 0 Å². The van der Waals surface area contributed by atoms with Crippen molar-refractivity contribution in [3.63, 3.8) is 0 Å².